The van der Waals surface area contributed by atoms with E-state index in [9.17, 15) is 0 Å². The zero-order valence-electron chi connectivity index (χ0n) is 16.0. The number of methoxy groups -OCH3 is 1. The van der Waals surface area contributed by atoms with Gasteiger partial charge in [-0.15, -0.1) is 24.0 Å². The van der Waals surface area contributed by atoms with Crippen molar-refractivity contribution in [3.8, 4) is 5.75 Å². The number of rotatable bonds is 8. The fraction of sp³-hybridized carbons (Fsp3) is 0.474. The molecule has 144 valence electrons. The van der Waals surface area contributed by atoms with Crippen LogP contribution in [0.5, 0.6) is 5.75 Å². The molecule has 2 rings (SSSR count). The van der Waals surface area contributed by atoms with Crippen molar-refractivity contribution >= 4 is 29.9 Å². The quantitative estimate of drug-likeness (QED) is 0.352. The van der Waals surface area contributed by atoms with Crippen molar-refractivity contribution < 1.29 is 4.74 Å². The van der Waals surface area contributed by atoms with Crippen LogP contribution in [-0.4, -0.2) is 29.2 Å². The molecule has 2 N–H and O–H groups in total. The molecule has 1 aromatic carbocycles. The summed E-state index contributed by atoms with van der Waals surface area (Å²) in [5.74, 6) is 3.22. The van der Waals surface area contributed by atoms with E-state index in [1.54, 1.807) is 7.11 Å². The predicted octanol–water partition coefficient (Wildman–Crippen LogP) is 3.42. The number of halogens is 1. The topological polar surface area (TPSA) is 63.5 Å². The summed E-state index contributed by atoms with van der Waals surface area (Å²) in [6, 6.07) is 7.94. The van der Waals surface area contributed by atoms with E-state index in [1.165, 1.54) is 0 Å². The van der Waals surface area contributed by atoms with E-state index in [1.807, 2.05) is 36.7 Å². The number of para-hydroxylation sites is 1. The largest absolute Gasteiger partial charge is 0.496 e. The number of guanidine groups is 1. The van der Waals surface area contributed by atoms with E-state index in [0.717, 1.165) is 36.2 Å². The minimum absolute atomic E-state index is 0. The van der Waals surface area contributed by atoms with E-state index in [4.69, 9.17) is 4.74 Å². The zero-order chi connectivity index (χ0) is 18.1. The first-order valence-electron chi connectivity index (χ1n) is 8.78. The predicted molar refractivity (Wildman–Crippen MR) is 117 cm³/mol. The monoisotopic (exact) mass is 471 g/mol. The molecular weight excluding hydrogens is 441 g/mol. The second-order valence-electron chi connectivity index (χ2n) is 6.25. The lowest BCUT2D eigenvalue weighted by Gasteiger charge is -2.14. The molecule has 0 bridgehead atoms. The van der Waals surface area contributed by atoms with Crippen molar-refractivity contribution in [2.24, 2.45) is 10.9 Å². The van der Waals surface area contributed by atoms with Crippen molar-refractivity contribution in [3.05, 3.63) is 48.0 Å². The second-order valence-corrected chi connectivity index (χ2v) is 6.25. The van der Waals surface area contributed by atoms with Crippen molar-refractivity contribution in [3.63, 3.8) is 0 Å². The number of nitrogens with one attached hydrogen (secondary N) is 2. The highest BCUT2D eigenvalue weighted by Gasteiger charge is 2.06. The van der Waals surface area contributed by atoms with Crippen molar-refractivity contribution in [2.45, 2.75) is 40.4 Å². The third kappa shape index (κ3) is 6.86. The van der Waals surface area contributed by atoms with Gasteiger partial charge in [0.2, 0.25) is 0 Å². The Morgan fingerprint density at radius 1 is 1.27 bits per heavy atom. The van der Waals surface area contributed by atoms with Crippen LogP contribution in [-0.2, 0) is 19.6 Å². The summed E-state index contributed by atoms with van der Waals surface area (Å²) in [7, 11) is 1.68. The van der Waals surface area contributed by atoms with E-state index in [2.05, 4.69) is 45.9 Å². The fourth-order valence-electron chi connectivity index (χ4n) is 2.57. The highest BCUT2D eigenvalue weighted by molar-refractivity contribution is 14.0. The maximum atomic E-state index is 5.39. The normalized spacial score (nSPS) is 11.2. The number of benzene rings is 1. The molecule has 26 heavy (non-hydrogen) atoms. The summed E-state index contributed by atoms with van der Waals surface area (Å²) in [4.78, 5) is 9.10. The van der Waals surface area contributed by atoms with Crippen LogP contribution in [0.4, 0.5) is 0 Å². The molecule has 0 fully saturated rings. The van der Waals surface area contributed by atoms with Crippen LogP contribution in [0, 0.1) is 5.92 Å². The van der Waals surface area contributed by atoms with E-state index < -0.39 is 0 Å². The molecule has 2 aromatic rings. The van der Waals surface area contributed by atoms with Crippen molar-refractivity contribution in [2.75, 3.05) is 13.7 Å². The van der Waals surface area contributed by atoms with Gasteiger partial charge in [0, 0.05) is 31.0 Å². The highest BCUT2D eigenvalue weighted by Crippen LogP contribution is 2.17. The third-order valence-electron chi connectivity index (χ3n) is 3.72. The second kappa shape index (κ2) is 11.8. The molecule has 0 atom stereocenters. The van der Waals surface area contributed by atoms with Crippen LogP contribution in [0.3, 0.4) is 0 Å². The van der Waals surface area contributed by atoms with Gasteiger partial charge in [0.25, 0.3) is 0 Å². The third-order valence-corrected chi connectivity index (χ3v) is 3.72. The number of aliphatic imine (C=N–C) groups is 1. The van der Waals surface area contributed by atoms with Gasteiger partial charge in [-0.1, -0.05) is 32.0 Å². The first-order chi connectivity index (χ1) is 12.1. The minimum Gasteiger partial charge on any atom is -0.496 e. The smallest absolute Gasteiger partial charge is 0.191 e. The van der Waals surface area contributed by atoms with Gasteiger partial charge in [-0.05, 0) is 18.9 Å². The van der Waals surface area contributed by atoms with E-state index >= 15 is 0 Å². The summed E-state index contributed by atoms with van der Waals surface area (Å²) in [6.45, 7) is 9.42. The van der Waals surface area contributed by atoms with Gasteiger partial charge in [0.1, 0.15) is 11.6 Å². The SMILES string of the molecule is CCNC(=NCc1ccccc1OC)NCc1nccn1CC(C)C.I. The van der Waals surface area contributed by atoms with Gasteiger partial charge in [0.15, 0.2) is 5.96 Å². The average Bonchev–Trinajstić information content (AvgIpc) is 3.04. The van der Waals surface area contributed by atoms with Crippen LogP contribution in [0.15, 0.2) is 41.7 Å². The van der Waals surface area contributed by atoms with Gasteiger partial charge >= 0.3 is 0 Å². The molecule has 0 unspecified atom stereocenters. The van der Waals surface area contributed by atoms with E-state index in [-0.39, 0.29) is 24.0 Å². The molecule has 6 nitrogen and oxygen atoms in total. The Labute approximate surface area is 173 Å². The first-order valence-corrected chi connectivity index (χ1v) is 8.78. The lowest BCUT2D eigenvalue weighted by molar-refractivity contribution is 0.410. The Balaban J connectivity index is 0.00000338. The molecule has 7 heteroatoms. The summed E-state index contributed by atoms with van der Waals surface area (Å²) < 4.78 is 7.57. The molecule has 0 spiro atoms. The van der Waals surface area contributed by atoms with Crippen LogP contribution < -0.4 is 15.4 Å². The van der Waals surface area contributed by atoms with Crippen LogP contribution in [0.25, 0.3) is 0 Å². The number of aromatic nitrogens is 2. The van der Waals surface area contributed by atoms with Gasteiger partial charge in [-0.3, -0.25) is 0 Å². The van der Waals surface area contributed by atoms with Crippen LogP contribution >= 0.6 is 24.0 Å². The summed E-state index contributed by atoms with van der Waals surface area (Å²) in [6.07, 6.45) is 3.87. The standard InChI is InChI=1S/C19H29N5O.HI/c1-5-20-19(22-12-16-8-6-7-9-17(16)25-4)23-13-18-21-10-11-24(18)14-15(2)3;/h6-11,15H,5,12-14H2,1-4H3,(H2,20,22,23);1H. The van der Waals surface area contributed by atoms with E-state index in [0.29, 0.717) is 19.0 Å². The highest BCUT2D eigenvalue weighted by atomic mass is 127. The zero-order valence-corrected chi connectivity index (χ0v) is 18.4. The molecular formula is C19H30IN5O. The molecule has 0 amide bonds. The number of imidazole rings is 1. The lowest BCUT2D eigenvalue weighted by Crippen LogP contribution is -2.37. The minimum atomic E-state index is 0. The Bertz CT molecular complexity index is 684. The lowest BCUT2D eigenvalue weighted by atomic mass is 10.2. The summed E-state index contributed by atoms with van der Waals surface area (Å²) >= 11 is 0. The summed E-state index contributed by atoms with van der Waals surface area (Å²) in [5.41, 5.74) is 1.06. The maximum absolute atomic E-state index is 5.39. The van der Waals surface area contributed by atoms with Crippen molar-refractivity contribution in [1.82, 2.24) is 20.2 Å². The number of ether oxygens (including phenoxy) is 1. The molecule has 0 saturated heterocycles. The average molecular weight is 471 g/mol. The number of hydrogen-bond acceptors (Lipinski definition) is 3. The number of nitrogens with zero attached hydrogens (tertiary/aromatic N) is 3. The fourth-order valence-corrected chi connectivity index (χ4v) is 2.57. The van der Waals surface area contributed by atoms with Gasteiger partial charge in [0.05, 0.1) is 20.2 Å². The van der Waals surface area contributed by atoms with Crippen molar-refractivity contribution in [1.29, 1.82) is 0 Å². The van der Waals surface area contributed by atoms with Gasteiger partial charge in [-0.2, -0.15) is 0 Å². The molecule has 0 saturated carbocycles. The maximum Gasteiger partial charge on any atom is 0.191 e. The Morgan fingerprint density at radius 3 is 2.73 bits per heavy atom. The Hall–Kier alpha value is -1.77. The number of hydrogen-bond donors (Lipinski definition) is 2. The Morgan fingerprint density at radius 2 is 2.04 bits per heavy atom. The first kappa shape index (κ1) is 22.3. The molecule has 0 radical (unpaired) electrons. The van der Waals surface area contributed by atoms with Crippen LogP contribution in [0.2, 0.25) is 0 Å². The van der Waals surface area contributed by atoms with Gasteiger partial charge < -0.3 is 19.9 Å². The van der Waals surface area contributed by atoms with Crippen LogP contribution in [0.1, 0.15) is 32.2 Å². The molecule has 0 aliphatic rings. The molecule has 0 aliphatic heterocycles. The summed E-state index contributed by atoms with van der Waals surface area (Å²) in [5, 5.41) is 6.63. The van der Waals surface area contributed by atoms with Gasteiger partial charge in [-0.25, -0.2) is 9.98 Å². The Kier molecular flexibility index (Phi) is 10.1. The molecule has 1 heterocycles. The molecule has 0 aliphatic carbocycles. The molecule has 1 aromatic heterocycles.